The quantitative estimate of drug-likeness (QED) is 0.0922. The minimum Gasteiger partial charge on any atom is -0.457 e. The summed E-state index contributed by atoms with van der Waals surface area (Å²) in [5, 5.41) is 19.6. The minimum absolute atomic E-state index is 0.0400. The van der Waals surface area contributed by atoms with E-state index in [1.54, 1.807) is 35.7 Å². The number of anilines is 4. The van der Waals surface area contributed by atoms with Gasteiger partial charge in [-0.3, -0.25) is 0 Å². The Morgan fingerprint density at radius 3 is 1.42 bits per heavy atom. The maximum absolute atomic E-state index is 9.79. The van der Waals surface area contributed by atoms with Crippen molar-refractivity contribution in [1.29, 1.82) is 10.5 Å². The lowest BCUT2D eigenvalue weighted by molar-refractivity contribution is 0.332. The predicted octanol–water partition coefficient (Wildman–Crippen LogP) is 15.4. The van der Waals surface area contributed by atoms with E-state index in [0.717, 1.165) is 46.0 Å². The van der Waals surface area contributed by atoms with Gasteiger partial charge in [0, 0.05) is 47.2 Å². The van der Waals surface area contributed by atoms with E-state index in [0.29, 0.717) is 17.1 Å². The Morgan fingerprint density at radius 1 is 0.579 bits per heavy atom. The van der Waals surface area contributed by atoms with Crippen LogP contribution in [-0.2, 0) is 4.74 Å². The Morgan fingerprint density at radius 2 is 1.00 bits per heavy atom. The summed E-state index contributed by atoms with van der Waals surface area (Å²) in [6, 6.07) is 30.4. The Balaban J connectivity index is 1.11. The third kappa shape index (κ3) is 9.85. The van der Waals surface area contributed by atoms with Crippen molar-refractivity contribution in [3.8, 4) is 12.1 Å². The van der Waals surface area contributed by atoms with Crippen LogP contribution >= 0.6 is 55.4 Å². The molecule has 0 spiro atoms. The third-order valence-electron chi connectivity index (χ3n) is 10.1. The molecule has 4 aromatic rings. The number of unbranched alkanes of at least 4 members (excludes halogenated alkanes) is 6. The number of ether oxygens (including phenoxy) is 1. The van der Waals surface area contributed by atoms with Crippen LogP contribution < -0.4 is 9.80 Å². The van der Waals surface area contributed by atoms with Gasteiger partial charge in [-0.2, -0.15) is 10.5 Å². The van der Waals surface area contributed by atoms with Gasteiger partial charge in [0.1, 0.15) is 29.2 Å². The number of hydrogen-bond donors (Lipinski definition) is 0. The van der Waals surface area contributed by atoms with Crippen molar-refractivity contribution in [3.05, 3.63) is 140 Å². The zero-order valence-electron chi connectivity index (χ0n) is 32.2. The van der Waals surface area contributed by atoms with E-state index in [4.69, 9.17) is 4.74 Å². The number of hydrogen-bond acceptors (Lipinski definition) is 7. The van der Waals surface area contributed by atoms with Crippen molar-refractivity contribution in [2.75, 3.05) is 22.9 Å². The molecule has 288 valence electrons. The van der Waals surface area contributed by atoms with Crippen molar-refractivity contribution in [1.82, 2.24) is 0 Å². The molecule has 4 aromatic carbocycles. The maximum atomic E-state index is 9.79. The smallest absolute Gasteiger partial charge is 0.137 e. The molecule has 0 amide bonds. The first-order chi connectivity index (χ1) is 27.9. The highest BCUT2D eigenvalue weighted by atomic mass is 79.9. The van der Waals surface area contributed by atoms with Gasteiger partial charge in [0.05, 0.1) is 22.7 Å². The molecule has 0 unspecified atom stereocenters. The van der Waals surface area contributed by atoms with Gasteiger partial charge in [0.2, 0.25) is 0 Å². The summed E-state index contributed by atoms with van der Waals surface area (Å²) in [6.07, 6.45) is 21.0. The van der Waals surface area contributed by atoms with Gasteiger partial charge in [-0.25, -0.2) is 0 Å². The number of nitriles is 2. The number of halogens is 2. The van der Waals surface area contributed by atoms with Crippen LogP contribution in [0.1, 0.15) is 76.3 Å². The van der Waals surface area contributed by atoms with Crippen LogP contribution in [-0.4, -0.2) is 13.1 Å². The third-order valence-corrected chi connectivity index (χ3v) is 13.3. The Bertz CT molecular complexity index is 2240. The van der Waals surface area contributed by atoms with Crippen molar-refractivity contribution in [3.63, 3.8) is 0 Å². The molecule has 0 aromatic heterocycles. The SMILES string of the molecule is CCCCCCN1c2ccc(Br)cc2Sc2cc(/C=C/C3=CC(=C(C#N)C#N)C=C(/C=C/c4ccc5c(c4)Sc4cc(Br)ccc4N5CCCCCC)O3)ccc21. The summed E-state index contributed by atoms with van der Waals surface area (Å²) in [7, 11) is 0. The highest BCUT2D eigenvalue weighted by Crippen LogP contribution is 2.51. The number of allylic oxidation sites excluding steroid dienone is 6. The molecule has 0 atom stereocenters. The second kappa shape index (κ2) is 19.4. The first kappa shape index (κ1) is 40.8. The highest BCUT2D eigenvalue weighted by molar-refractivity contribution is 9.10. The fourth-order valence-corrected chi connectivity index (χ4v) is 10.6. The van der Waals surface area contributed by atoms with Crippen LogP contribution in [0.2, 0.25) is 0 Å². The second-order valence-corrected chi connectivity index (χ2v) is 18.2. The van der Waals surface area contributed by atoms with Crippen LogP contribution in [0.15, 0.2) is 148 Å². The normalized spacial score (nSPS) is 14.2. The summed E-state index contributed by atoms with van der Waals surface area (Å²) in [6.45, 7) is 6.45. The molecule has 5 nitrogen and oxygen atoms in total. The van der Waals surface area contributed by atoms with Gasteiger partial charge >= 0.3 is 0 Å². The molecule has 0 bridgehead atoms. The maximum Gasteiger partial charge on any atom is 0.137 e. The average Bonchev–Trinajstić information content (AvgIpc) is 3.21. The number of fused-ring (bicyclic) bond motifs is 4. The molecule has 3 aliphatic heterocycles. The Kier molecular flexibility index (Phi) is 13.9. The van der Waals surface area contributed by atoms with Gasteiger partial charge in [-0.15, -0.1) is 0 Å². The highest BCUT2D eigenvalue weighted by Gasteiger charge is 2.25. The predicted molar refractivity (Wildman–Crippen MR) is 245 cm³/mol. The summed E-state index contributed by atoms with van der Waals surface area (Å²) in [4.78, 5) is 9.79. The van der Waals surface area contributed by atoms with Crippen molar-refractivity contribution >= 4 is 90.3 Å². The minimum atomic E-state index is 0.0400. The topological polar surface area (TPSA) is 63.3 Å². The number of rotatable bonds is 14. The lowest BCUT2D eigenvalue weighted by Crippen LogP contribution is -2.22. The van der Waals surface area contributed by atoms with E-state index < -0.39 is 0 Å². The first-order valence-corrected chi connectivity index (χ1v) is 22.9. The Labute approximate surface area is 362 Å². The van der Waals surface area contributed by atoms with Crippen molar-refractivity contribution in [2.24, 2.45) is 0 Å². The molecule has 9 heteroatoms. The number of benzene rings is 4. The molecule has 3 aliphatic rings. The fraction of sp³-hybridized carbons (Fsp3) is 0.250. The van der Waals surface area contributed by atoms with Gasteiger partial charge in [0.15, 0.2) is 0 Å². The van der Waals surface area contributed by atoms with E-state index in [2.05, 4.69) is 140 Å². The summed E-state index contributed by atoms with van der Waals surface area (Å²) in [5.41, 5.74) is 7.58. The van der Waals surface area contributed by atoms with Crippen molar-refractivity contribution in [2.45, 2.75) is 84.8 Å². The van der Waals surface area contributed by atoms with Crippen LogP contribution in [0.25, 0.3) is 12.2 Å². The van der Waals surface area contributed by atoms with E-state index in [1.165, 1.54) is 80.9 Å². The molecule has 3 heterocycles. The standard InChI is InChI=1S/C48H44Br2N4OS2/c1-3-5-7-9-23-53-41-19-13-33(25-45(41)56-47-29-37(49)15-21-43(47)53)11-17-39-27-35(36(31-51)32-52)28-40(55-39)18-12-34-14-20-42-46(26-34)57-48-30-38(50)16-22-44(48)54(42)24-10-8-6-4-2/h11-22,25-30H,3-10,23-24H2,1-2H3/b17-11+,18-12+. The summed E-state index contributed by atoms with van der Waals surface area (Å²) in [5.74, 6) is 1.10. The van der Waals surface area contributed by atoms with E-state index in [-0.39, 0.29) is 5.57 Å². The molecule has 57 heavy (non-hydrogen) atoms. The molecule has 0 saturated carbocycles. The van der Waals surface area contributed by atoms with Gasteiger partial charge in [0.25, 0.3) is 0 Å². The molecule has 7 rings (SSSR count). The molecule has 0 fully saturated rings. The molecule has 0 saturated heterocycles. The lowest BCUT2D eigenvalue weighted by Gasteiger charge is -2.33. The largest absolute Gasteiger partial charge is 0.457 e. The van der Waals surface area contributed by atoms with Crippen LogP contribution in [0, 0.1) is 22.7 Å². The molecule has 0 radical (unpaired) electrons. The zero-order valence-corrected chi connectivity index (χ0v) is 37.0. The lowest BCUT2D eigenvalue weighted by atomic mass is 10.0. The molecule has 0 N–H and O–H groups in total. The molecule has 0 aliphatic carbocycles. The monoisotopic (exact) mass is 914 g/mol. The van der Waals surface area contributed by atoms with E-state index in [9.17, 15) is 10.5 Å². The number of nitrogens with zero attached hydrogens (tertiary/aromatic N) is 4. The van der Waals surface area contributed by atoms with E-state index >= 15 is 0 Å². The van der Waals surface area contributed by atoms with Crippen molar-refractivity contribution < 1.29 is 4.74 Å². The molecular weight excluding hydrogens is 872 g/mol. The van der Waals surface area contributed by atoms with Crippen LogP contribution in [0.4, 0.5) is 22.7 Å². The van der Waals surface area contributed by atoms with Gasteiger partial charge in [-0.1, -0.05) is 132 Å². The first-order valence-electron chi connectivity index (χ1n) is 19.7. The van der Waals surface area contributed by atoms with Crippen LogP contribution in [0.3, 0.4) is 0 Å². The summed E-state index contributed by atoms with van der Waals surface area (Å²) < 4.78 is 8.51. The average molecular weight is 917 g/mol. The van der Waals surface area contributed by atoms with Gasteiger partial charge < -0.3 is 14.5 Å². The molecular formula is C48H44Br2N4OS2. The second-order valence-electron chi connectivity index (χ2n) is 14.2. The van der Waals surface area contributed by atoms with Crippen LogP contribution in [0.5, 0.6) is 0 Å². The van der Waals surface area contributed by atoms with E-state index in [1.807, 2.05) is 24.3 Å². The zero-order chi connectivity index (χ0) is 39.7. The Hall–Kier alpha value is -4.38. The summed E-state index contributed by atoms with van der Waals surface area (Å²) >= 11 is 10.9. The fourth-order valence-electron chi connectivity index (χ4n) is 7.20. The van der Waals surface area contributed by atoms with Gasteiger partial charge in [-0.05, 0) is 109 Å².